The Morgan fingerprint density at radius 1 is 1.53 bits per heavy atom. The van der Waals surface area contributed by atoms with Gasteiger partial charge in [0.2, 0.25) is 0 Å². The van der Waals surface area contributed by atoms with Crippen LogP contribution in [0, 0.1) is 6.92 Å². The fourth-order valence-corrected chi connectivity index (χ4v) is 2.98. The maximum absolute atomic E-state index is 4.54. The molecule has 1 atom stereocenters. The van der Waals surface area contributed by atoms with Crippen LogP contribution in [0.5, 0.6) is 0 Å². The second-order valence-corrected chi connectivity index (χ2v) is 5.88. The molecule has 2 heterocycles. The van der Waals surface area contributed by atoms with E-state index in [-0.39, 0.29) is 0 Å². The first kappa shape index (κ1) is 12.8. The first-order chi connectivity index (χ1) is 8.08. The number of pyridine rings is 1. The van der Waals surface area contributed by atoms with Gasteiger partial charge in [-0.05, 0) is 60.9 Å². The molecule has 1 aliphatic rings. The third kappa shape index (κ3) is 2.99. The van der Waals surface area contributed by atoms with Crippen molar-refractivity contribution in [1.82, 2.24) is 9.88 Å². The van der Waals surface area contributed by atoms with Gasteiger partial charge in [-0.1, -0.05) is 0 Å². The van der Waals surface area contributed by atoms with E-state index in [1.165, 1.54) is 24.9 Å². The van der Waals surface area contributed by atoms with E-state index in [2.05, 4.69) is 57.8 Å². The standard InChI is InChI=1S/C13H20BrN3/c1-10-7-11(14)8-15-13(10)17(3)12-5-4-6-16(2)9-12/h7-8,12H,4-6,9H2,1-3H3. The van der Waals surface area contributed by atoms with Crippen LogP contribution in [-0.4, -0.2) is 43.1 Å². The number of aromatic nitrogens is 1. The summed E-state index contributed by atoms with van der Waals surface area (Å²) in [5.41, 5.74) is 1.23. The summed E-state index contributed by atoms with van der Waals surface area (Å²) in [6.45, 7) is 4.47. The molecule has 94 valence electrons. The van der Waals surface area contributed by atoms with Crippen LogP contribution in [0.1, 0.15) is 18.4 Å². The molecule has 0 bridgehead atoms. The number of nitrogens with zero attached hydrogens (tertiary/aromatic N) is 3. The largest absolute Gasteiger partial charge is 0.355 e. The molecule has 1 aromatic heterocycles. The summed E-state index contributed by atoms with van der Waals surface area (Å²) in [5, 5.41) is 0. The van der Waals surface area contributed by atoms with Crippen molar-refractivity contribution >= 4 is 21.7 Å². The summed E-state index contributed by atoms with van der Waals surface area (Å²) in [6.07, 6.45) is 4.42. The normalized spacial score (nSPS) is 21.5. The quantitative estimate of drug-likeness (QED) is 0.837. The number of hydrogen-bond donors (Lipinski definition) is 0. The highest BCUT2D eigenvalue weighted by atomic mass is 79.9. The maximum Gasteiger partial charge on any atom is 0.131 e. The molecule has 1 fully saturated rings. The van der Waals surface area contributed by atoms with E-state index >= 15 is 0 Å². The maximum atomic E-state index is 4.54. The van der Waals surface area contributed by atoms with E-state index in [1.54, 1.807) is 0 Å². The number of rotatable bonds is 2. The van der Waals surface area contributed by atoms with Crippen LogP contribution >= 0.6 is 15.9 Å². The molecule has 3 nitrogen and oxygen atoms in total. The zero-order chi connectivity index (χ0) is 12.4. The van der Waals surface area contributed by atoms with Gasteiger partial charge in [0.1, 0.15) is 5.82 Å². The molecule has 0 aliphatic carbocycles. The number of aryl methyl sites for hydroxylation is 1. The molecule has 1 saturated heterocycles. The molecule has 0 spiro atoms. The van der Waals surface area contributed by atoms with Gasteiger partial charge < -0.3 is 9.80 Å². The zero-order valence-corrected chi connectivity index (χ0v) is 12.4. The van der Waals surface area contributed by atoms with Gasteiger partial charge in [0, 0.05) is 30.3 Å². The average Bonchev–Trinajstić information content (AvgIpc) is 2.28. The predicted octanol–water partition coefficient (Wildman–Crippen LogP) is 2.68. The Balaban J connectivity index is 2.15. The summed E-state index contributed by atoms with van der Waals surface area (Å²) in [6, 6.07) is 2.71. The molecular formula is C13H20BrN3. The van der Waals surface area contributed by atoms with E-state index < -0.39 is 0 Å². The van der Waals surface area contributed by atoms with E-state index in [1.807, 2.05) is 6.20 Å². The molecule has 1 aromatic rings. The zero-order valence-electron chi connectivity index (χ0n) is 10.8. The second kappa shape index (κ2) is 5.36. The molecule has 1 unspecified atom stereocenters. The van der Waals surface area contributed by atoms with Crippen molar-refractivity contribution in [2.75, 3.05) is 32.1 Å². The van der Waals surface area contributed by atoms with E-state index in [4.69, 9.17) is 0 Å². The van der Waals surface area contributed by atoms with Crippen LogP contribution in [-0.2, 0) is 0 Å². The van der Waals surface area contributed by atoms with Crippen molar-refractivity contribution in [2.45, 2.75) is 25.8 Å². The van der Waals surface area contributed by atoms with Crippen molar-refractivity contribution < 1.29 is 0 Å². The topological polar surface area (TPSA) is 19.4 Å². The molecule has 0 saturated carbocycles. The number of likely N-dealkylation sites (tertiary alicyclic amines) is 1. The van der Waals surface area contributed by atoms with Crippen LogP contribution in [0.2, 0.25) is 0 Å². The number of halogens is 1. The van der Waals surface area contributed by atoms with Gasteiger partial charge in [0.15, 0.2) is 0 Å². The summed E-state index contributed by atoms with van der Waals surface area (Å²) in [5.74, 6) is 1.11. The molecule has 0 radical (unpaired) electrons. The summed E-state index contributed by atoms with van der Waals surface area (Å²) in [7, 11) is 4.36. The van der Waals surface area contributed by atoms with Crippen molar-refractivity contribution in [1.29, 1.82) is 0 Å². The second-order valence-electron chi connectivity index (χ2n) is 4.96. The Kier molecular flexibility index (Phi) is 4.05. The molecule has 17 heavy (non-hydrogen) atoms. The summed E-state index contributed by atoms with van der Waals surface area (Å²) < 4.78 is 1.05. The number of hydrogen-bond acceptors (Lipinski definition) is 3. The van der Waals surface area contributed by atoms with Gasteiger partial charge in [0.05, 0.1) is 0 Å². The number of piperidine rings is 1. The Labute approximate surface area is 112 Å². The fraction of sp³-hybridized carbons (Fsp3) is 0.615. The highest BCUT2D eigenvalue weighted by Crippen LogP contribution is 2.24. The lowest BCUT2D eigenvalue weighted by molar-refractivity contribution is 0.247. The lowest BCUT2D eigenvalue weighted by atomic mass is 10.0. The van der Waals surface area contributed by atoms with Gasteiger partial charge in [-0.25, -0.2) is 4.98 Å². The lowest BCUT2D eigenvalue weighted by Crippen LogP contribution is -2.45. The molecule has 4 heteroatoms. The Bertz CT molecular complexity index is 394. The van der Waals surface area contributed by atoms with Gasteiger partial charge in [-0.3, -0.25) is 0 Å². The summed E-state index contributed by atoms with van der Waals surface area (Å²) >= 11 is 3.46. The van der Waals surface area contributed by atoms with Gasteiger partial charge in [-0.2, -0.15) is 0 Å². The fourth-order valence-electron chi connectivity index (χ4n) is 2.53. The van der Waals surface area contributed by atoms with Crippen LogP contribution in [0.4, 0.5) is 5.82 Å². The van der Waals surface area contributed by atoms with Crippen molar-refractivity contribution in [2.24, 2.45) is 0 Å². The highest BCUT2D eigenvalue weighted by molar-refractivity contribution is 9.10. The summed E-state index contributed by atoms with van der Waals surface area (Å²) in [4.78, 5) is 9.27. The molecule has 2 rings (SSSR count). The molecular weight excluding hydrogens is 278 g/mol. The molecule has 1 aliphatic heterocycles. The third-order valence-corrected chi connectivity index (χ3v) is 3.93. The SMILES string of the molecule is Cc1cc(Br)cnc1N(C)C1CCCN(C)C1. The molecule has 0 aromatic carbocycles. The molecule has 0 amide bonds. The first-order valence-corrected chi connectivity index (χ1v) is 6.90. The Hall–Kier alpha value is -0.610. The Morgan fingerprint density at radius 2 is 2.29 bits per heavy atom. The van der Waals surface area contributed by atoms with Crippen molar-refractivity contribution in [3.05, 3.63) is 22.3 Å². The van der Waals surface area contributed by atoms with E-state index in [0.717, 1.165) is 16.8 Å². The van der Waals surface area contributed by atoms with Crippen LogP contribution in [0.25, 0.3) is 0 Å². The third-order valence-electron chi connectivity index (χ3n) is 3.50. The van der Waals surface area contributed by atoms with Crippen LogP contribution in [0.3, 0.4) is 0 Å². The number of likely N-dealkylation sites (N-methyl/N-ethyl adjacent to an activating group) is 2. The minimum absolute atomic E-state index is 0.584. The van der Waals surface area contributed by atoms with Crippen molar-refractivity contribution in [3.63, 3.8) is 0 Å². The van der Waals surface area contributed by atoms with E-state index in [9.17, 15) is 0 Å². The average molecular weight is 298 g/mol. The Morgan fingerprint density at radius 3 is 2.94 bits per heavy atom. The molecule has 0 N–H and O–H groups in total. The minimum atomic E-state index is 0.584. The smallest absolute Gasteiger partial charge is 0.131 e. The van der Waals surface area contributed by atoms with Crippen LogP contribution < -0.4 is 4.90 Å². The van der Waals surface area contributed by atoms with Crippen molar-refractivity contribution in [3.8, 4) is 0 Å². The number of anilines is 1. The van der Waals surface area contributed by atoms with Gasteiger partial charge in [-0.15, -0.1) is 0 Å². The lowest BCUT2D eigenvalue weighted by Gasteiger charge is -2.37. The van der Waals surface area contributed by atoms with E-state index in [0.29, 0.717) is 6.04 Å². The van der Waals surface area contributed by atoms with Gasteiger partial charge in [0.25, 0.3) is 0 Å². The monoisotopic (exact) mass is 297 g/mol. The van der Waals surface area contributed by atoms with Crippen LogP contribution in [0.15, 0.2) is 16.7 Å². The minimum Gasteiger partial charge on any atom is -0.355 e. The highest BCUT2D eigenvalue weighted by Gasteiger charge is 2.22. The predicted molar refractivity (Wildman–Crippen MR) is 75.6 cm³/mol. The van der Waals surface area contributed by atoms with Gasteiger partial charge >= 0.3 is 0 Å². The first-order valence-electron chi connectivity index (χ1n) is 6.11.